The van der Waals surface area contributed by atoms with Gasteiger partial charge in [0.05, 0.1) is 5.92 Å². The fraction of sp³-hybridized carbons (Fsp3) is 0.588. The molecule has 0 radical (unpaired) electrons. The molecule has 2 atom stereocenters. The van der Waals surface area contributed by atoms with Crippen molar-refractivity contribution in [3.63, 3.8) is 0 Å². The summed E-state index contributed by atoms with van der Waals surface area (Å²) in [6, 6.07) is 6.60. The van der Waals surface area contributed by atoms with Gasteiger partial charge in [0.25, 0.3) is 6.43 Å². The number of halogens is 2. The second-order valence-electron chi connectivity index (χ2n) is 5.67. The van der Waals surface area contributed by atoms with Crippen LogP contribution in [0.5, 0.6) is 0 Å². The van der Waals surface area contributed by atoms with Crippen molar-refractivity contribution in [2.24, 2.45) is 17.6 Å². The Morgan fingerprint density at radius 1 is 1.32 bits per heavy atom. The summed E-state index contributed by atoms with van der Waals surface area (Å²) in [7, 11) is 0. The number of hydrogen-bond donors (Lipinski definition) is 2. The van der Waals surface area contributed by atoms with Crippen LogP contribution in [0, 0.1) is 11.8 Å². The van der Waals surface area contributed by atoms with Gasteiger partial charge in [0.2, 0.25) is 0 Å². The Morgan fingerprint density at radius 2 is 2.00 bits per heavy atom. The third-order valence-electron chi connectivity index (χ3n) is 4.18. The van der Waals surface area contributed by atoms with E-state index in [-0.39, 0.29) is 18.0 Å². The molecule has 0 aliphatic heterocycles. The fourth-order valence-corrected chi connectivity index (χ4v) is 2.74. The molecular formula is C17H25F2NO2. The summed E-state index contributed by atoms with van der Waals surface area (Å²) in [5, 5.41) is 9.06. The second-order valence-corrected chi connectivity index (χ2v) is 5.67. The SMILES string of the molecule is CCC(CCCc1ccccc1C(F)F)CC(CN)C(=O)O. The van der Waals surface area contributed by atoms with E-state index < -0.39 is 18.3 Å². The van der Waals surface area contributed by atoms with Crippen molar-refractivity contribution in [1.29, 1.82) is 0 Å². The van der Waals surface area contributed by atoms with Gasteiger partial charge in [-0.1, -0.05) is 44.0 Å². The van der Waals surface area contributed by atoms with Gasteiger partial charge in [-0.15, -0.1) is 0 Å². The van der Waals surface area contributed by atoms with Crippen molar-refractivity contribution in [3.05, 3.63) is 35.4 Å². The van der Waals surface area contributed by atoms with Gasteiger partial charge in [-0.3, -0.25) is 4.79 Å². The van der Waals surface area contributed by atoms with Crippen LogP contribution in [-0.4, -0.2) is 17.6 Å². The van der Waals surface area contributed by atoms with Crippen LogP contribution >= 0.6 is 0 Å². The number of hydrogen-bond acceptors (Lipinski definition) is 2. The molecule has 0 aliphatic rings. The molecule has 0 aliphatic carbocycles. The Hall–Kier alpha value is -1.49. The van der Waals surface area contributed by atoms with E-state index >= 15 is 0 Å². The van der Waals surface area contributed by atoms with Gasteiger partial charge >= 0.3 is 5.97 Å². The first-order chi connectivity index (χ1) is 10.5. The molecule has 5 heteroatoms. The highest BCUT2D eigenvalue weighted by Gasteiger charge is 2.20. The number of rotatable bonds is 10. The molecule has 3 N–H and O–H groups in total. The smallest absolute Gasteiger partial charge is 0.307 e. The van der Waals surface area contributed by atoms with Crippen LogP contribution in [0.15, 0.2) is 24.3 Å². The van der Waals surface area contributed by atoms with Crippen molar-refractivity contribution >= 4 is 5.97 Å². The summed E-state index contributed by atoms with van der Waals surface area (Å²) >= 11 is 0. The molecule has 0 spiro atoms. The van der Waals surface area contributed by atoms with E-state index in [4.69, 9.17) is 10.8 Å². The predicted molar refractivity (Wildman–Crippen MR) is 82.9 cm³/mol. The van der Waals surface area contributed by atoms with Crippen LogP contribution < -0.4 is 5.73 Å². The Bertz CT molecular complexity index is 466. The Balaban J connectivity index is 2.53. The zero-order valence-electron chi connectivity index (χ0n) is 13.0. The molecule has 124 valence electrons. The highest BCUT2D eigenvalue weighted by atomic mass is 19.3. The van der Waals surface area contributed by atoms with Gasteiger partial charge in [0.15, 0.2) is 0 Å². The number of carboxylic acids is 1. The molecule has 1 rings (SSSR count). The Kier molecular flexibility index (Phi) is 8.02. The Labute approximate surface area is 130 Å². The lowest BCUT2D eigenvalue weighted by Crippen LogP contribution is -2.25. The van der Waals surface area contributed by atoms with E-state index in [2.05, 4.69) is 0 Å². The van der Waals surface area contributed by atoms with Gasteiger partial charge in [0, 0.05) is 12.1 Å². The highest BCUT2D eigenvalue weighted by Crippen LogP contribution is 2.26. The topological polar surface area (TPSA) is 63.3 Å². The maximum atomic E-state index is 12.9. The van der Waals surface area contributed by atoms with Crippen molar-refractivity contribution in [2.75, 3.05) is 6.54 Å². The van der Waals surface area contributed by atoms with E-state index in [1.807, 2.05) is 6.92 Å². The molecule has 0 saturated carbocycles. The molecule has 3 nitrogen and oxygen atoms in total. The van der Waals surface area contributed by atoms with Crippen molar-refractivity contribution in [3.8, 4) is 0 Å². The molecule has 0 saturated heterocycles. The summed E-state index contributed by atoms with van der Waals surface area (Å²) in [5.74, 6) is -1.11. The van der Waals surface area contributed by atoms with Gasteiger partial charge in [-0.2, -0.15) is 0 Å². The molecule has 0 amide bonds. The lowest BCUT2D eigenvalue weighted by molar-refractivity contribution is -0.142. The third kappa shape index (κ3) is 5.72. The second kappa shape index (κ2) is 9.51. The summed E-state index contributed by atoms with van der Waals surface area (Å²) in [6.45, 7) is 2.16. The van der Waals surface area contributed by atoms with Crippen LogP contribution in [0.3, 0.4) is 0 Å². The standard InChI is InChI=1S/C17H25F2NO2/c1-2-12(10-14(11-20)17(21)22)6-5-8-13-7-3-4-9-15(13)16(18)19/h3-4,7,9,12,14,16H,2,5-6,8,10-11,20H2,1H3,(H,21,22). The molecule has 1 aromatic carbocycles. The monoisotopic (exact) mass is 313 g/mol. The van der Waals surface area contributed by atoms with E-state index in [0.717, 1.165) is 19.3 Å². The third-order valence-corrected chi connectivity index (χ3v) is 4.18. The predicted octanol–water partition coefficient (Wildman–Crippen LogP) is 4.02. The van der Waals surface area contributed by atoms with E-state index in [1.165, 1.54) is 6.07 Å². The van der Waals surface area contributed by atoms with E-state index in [9.17, 15) is 13.6 Å². The van der Waals surface area contributed by atoms with Crippen molar-refractivity contribution < 1.29 is 18.7 Å². The van der Waals surface area contributed by atoms with Crippen LogP contribution in [0.25, 0.3) is 0 Å². The summed E-state index contributed by atoms with van der Waals surface area (Å²) in [6.07, 6.45) is 1.18. The quantitative estimate of drug-likeness (QED) is 0.685. The van der Waals surface area contributed by atoms with Crippen molar-refractivity contribution in [1.82, 2.24) is 0 Å². The molecule has 2 unspecified atom stereocenters. The summed E-state index contributed by atoms with van der Waals surface area (Å²) in [5.41, 5.74) is 6.26. The first-order valence-electron chi connectivity index (χ1n) is 7.78. The number of carboxylic acid groups (broad SMARTS) is 1. The number of alkyl halides is 2. The number of nitrogens with two attached hydrogens (primary N) is 1. The summed E-state index contributed by atoms with van der Waals surface area (Å²) < 4.78 is 25.8. The number of aryl methyl sites for hydroxylation is 1. The average molecular weight is 313 g/mol. The molecular weight excluding hydrogens is 288 g/mol. The molecule has 0 fully saturated rings. The van der Waals surface area contributed by atoms with E-state index in [0.29, 0.717) is 18.4 Å². The average Bonchev–Trinajstić information content (AvgIpc) is 2.50. The van der Waals surface area contributed by atoms with Gasteiger partial charge in [0.1, 0.15) is 0 Å². The van der Waals surface area contributed by atoms with Crippen LogP contribution in [0.2, 0.25) is 0 Å². The maximum Gasteiger partial charge on any atom is 0.307 e. The normalized spacial score (nSPS) is 14.0. The molecule has 0 bridgehead atoms. The van der Waals surface area contributed by atoms with Crippen molar-refractivity contribution in [2.45, 2.75) is 45.5 Å². The maximum absolute atomic E-state index is 12.9. The first-order valence-corrected chi connectivity index (χ1v) is 7.78. The van der Waals surface area contributed by atoms with Gasteiger partial charge in [-0.25, -0.2) is 8.78 Å². The number of aliphatic carboxylic acids is 1. The molecule has 22 heavy (non-hydrogen) atoms. The van der Waals surface area contributed by atoms with Gasteiger partial charge in [-0.05, 0) is 30.7 Å². The highest BCUT2D eigenvalue weighted by molar-refractivity contribution is 5.70. The number of carbonyl (C=O) groups is 1. The minimum atomic E-state index is -2.45. The number of benzene rings is 1. The first kappa shape index (κ1) is 18.6. The minimum absolute atomic E-state index is 0.0981. The summed E-state index contributed by atoms with van der Waals surface area (Å²) in [4.78, 5) is 11.0. The molecule has 0 heterocycles. The largest absolute Gasteiger partial charge is 0.481 e. The lowest BCUT2D eigenvalue weighted by Gasteiger charge is -2.19. The van der Waals surface area contributed by atoms with Crippen LogP contribution in [0.1, 0.15) is 50.2 Å². The molecule has 0 aromatic heterocycles. The lowest BCUT2D eigenvalue weighted by atomic mass is 9.88. The zero-order chi connectivity index (χ0) is 16.5. The van der Waals surface area contributed by atoms with Gasteiger partial charge < -0.3 is 10.8 Å². The van der Waals surface area contributed by atoms with E-state index in [1.54, 1.807) is 18.2 Å². The van der Waals surface area contributed by atoms with Crippen LogP contribution in [0.4, 0.5) is 8.78 Å². The Morgan fingerprint density at radius 3 is 2.55 bits per heavy atom. The minimum Gasteiger partial charge on any atom is -0.481 e. The molecule has 1 aromatic rings. The fourth-order valence-electron chi connectivity index (χ4n) is 2.74. The van der Waals surface area contributed by atoms with Crippen LogP contribution in [-0.2, 0) is 11.2 Å². The zero-order valence-corrected chi connectivity index (χ0v) is 13.0.